The number of aliphatic carboxylic acids is 1. The third-order valence-corrected chi connectivity index (χ3v) is 2.72. The quantitative estimate of drug-likeness (QED) is 0.466. The lowest BCUT2D eigenvalue weighted by Gasteiger charge is -2.16. The van der Waals surface area contributed by atoms with E-state index in [-0.39, 0.29) is 11.5 Å². The van der Waals surface area contributed by atoms with Crippen molar-refractivity contribution >= 4 is 11.9 Å². The summed E-state index contributed by atoms with van der Waals surface area (Å²) in [6.07, 6.45) is 3.75. The second-order valence-corrected chi connectivity index (χ2v) is 5.10. The zero-order valence-corrected chi connectivity index (χ0v) is 11.1. The zero-order valence-electron chi connectivity index (χ0n) is 11.1. The largest absolute Gasteiger partial charge is 0.480 e. The molecule has 1 saturated carbocycles. The van der Waals surface area contributed by atoms with E-state index in [0.717, 1.165) is 12.8 Å². The van der Waals surface area contributed by atoms with E-state index in [0.29, 0.717) is 12.5 Å². The Hall–Kier alpha value is -2.03. The van der Waals surface area contributed by atoms with Crippen molar-refractivity contribution < 1.29 is 14.7 Å². The summed E-state index contributed by atoms with van der Waals surface area (Å²) in [5.41, 5.74) is -0.0955. The summed E-state index contributed by atoms with van der Waals surface area (Å²) in [5, 5.41) is 23.2. The first-order valence-electron chi connectivity index (χ1n) is 6.34. The molecule has 1 rings (SSSR count). The zero-order chi connectivity index (χ0) is 14.4. The maximum absolute atomic E-state index is 11.8. The number of amides is 1. The topological polar surface area (TPSA) is 102 Å². The van der Waals surface area contributed by atoms with Crippen molar-refractivity contribution in [3.63, 3.8) is 0 Å². The fraction of sp³-hybridized carbons (Fsp3) is 0.615. The highest BCUT2D eigenvalue weighted by Gasteiger charge is 2.24. The molecule has 0 aliphatic heterocycles. The molecule has 1 aliphatic rings. The molecule has 1 aliphatic carbocycles. The number of hydrogen-bond acceptors (Lipinski definition) is 4. The van der Waals surface area contributed by atoms with E-state index in [1.165, 1.54) is 6.20 Å². The first kappa shape index (κ1) is 15.0. The van der Waals surface area contributed by atoms with Crippen molar-refractivity contribution in [3.05, 3.63) is 11.8 Å². The molecule has 6 nitrogen and oxygen atoms in total. The van der Waals surface area contributed by atoms with Crippen LogP contribution in [0.3, 0.4) is 0 Å². The smallest absolute Gasteiger partial charge is 0.326 e. The van der Waals surface area contributed by atoms with Crippen molar-refractivity contribution in [1.82, 2.24) is 10.6 Å². The van der Waals surface area contributed by atoms with E-state index >= 15 is 0 Å². The predicted octanol–water partition coefficient (Wildman–Crippen LogP) is 0.761. The van der Waals surface area contributed by atoms with Gasteiger partial charge >= 0.3 is 5.97 Å². The van der Waals surface area contributed by atoms with E-state index in [1.807, 2.05) is 13.8 Å². The molecule has 0 radical (unpaired) electrons. The van der Waals surface area contributed by atoms with E-state index in [4.69, 9.17) is 10.4 Å². The average Bonchev–Trinajstić information content (AvgIpc) is 3.12. The van der Waals surface area contributed by atoms with E-state index in [2.05, 4.69) is 10.6 Å². The maximum Gasteiger partial charge on any atom is 0.326 e. The molecular weight excluding hydrogens is 246 g/mol. The molecule has 0 bridgehead atoms. The molecule has 1 fully saturated rings. The Morgan fingerprint density at radius 2 is 2.11 bits per heavy atom. The minimum Gasteiger partial charge on any atom is -0.480 e. The highest BCUT2D eigenvalue weighted by Crippen LogP contribution is 2.18. The molecule has 0 aromatic heterocycles. The van der Waals surface area contributed by atoms with Crippen LogP contribution >= 0.6 is 0 Å². The standard InChI is InChI=1S/C13H19N3O3/c1-8(2)5-11(13(18)19)16-12(17)9(6-14)7-15-10-3-4-10/h7-8,10-11,15H,3-5H2,1-2H3,(H,16,17)(H,18,19)/b9-7-. The van der Waals surface area contributed by atoms with Crippen LogP contribution in [0.2, 0.25) is 0 Å². The van der Waals surface area contributed by atoms with Gasteiger partial charge in [0, 0.05) is 12.2 Å². The molecule has 1 atom stereocenters. The molecule has 104 valence electrons. The molecule has 1 amide bonds. The van der Waals surface area contributed by atoms with Gasteiger partial charge in [-0.05, 0) is 25.2 Å². The lowest BCUT2D eigenvalue weighted by molar-refractivity contribution is -0.141. The fourth-order valence-electron chi connectivity index (χ4n) is 1.53. The number of carbonyl (C=O) groups excluding carboxylic acids is 1. The Bertz CT molecular complexity index is 419. The second kappa shape index (κ2) is 6.78. The van der Waals surface area contributed by atoms with Crippen LogP contribution in [0.5, 0.6) is 0 Å². The van der Waals surface area contributed by atoms with Crippen LogP contribution in [0.4, 0.5) is 0 Å². The number of carbonyl (C=O) groups is 2. The molecule has 0 aromatic carbocycles. The van der Waals surface area contributed by atoms with Crippen molar-refractivity contribution in [2.24, 2.45) is 5.92 Å². The van der Waals surface area contributed by atoms with Crippen LogP contribution in [-0.4, -0.2) is 29.1 Å². The van der Waals surface area contributed by atoms with E-state index in [9.17, 15) is 9.59 Å². The Morgan fingerprint density at radius 1 is 1.47 bits per heavy atom. The van der Waals surface area contributed by atoms with Gasteiger partial charge in [-0.15, -0.1) is 0 Å². The molecule has 1 unspecified atom stereocenters. The summed E-state index contributed by atoms with van der Waals surface area (Å²) in [6.45, 7) is 3.75. The van der Waals surface area contributed by atoms with E-state index < -0.39 is 17.9 Å². The summed E-state index contributed by atoms with van der Waals surface area (Å²) in [6, 6.07) is 1.14. The van der Waals surface area contributed by atoms with Crippen LogP contribution in [0.1, 0.15) is 33.1 Å². The van der Waals surface area contributed by atoms with Crippen molar-refractivity contribution in [1.29, 1.82) is 5.26 Å². The second-order valence-electron chi connectivity index (χ2n) is 5.10. The van der Waals surface area contributed by atoms with Crippen LogP contribution in [0, 0.1) is 17.2 Å². The summed E-state index contributed by atoms with van der Waals surface area (Å²) in [7, 11) is 0. The summed E-state index contributed by atoms with van der Waals surface area (Å²) < 4.78 is 0. The van der Waals surface area contributed by atoms with Crippen molar-refractivity contribution in [2.45, 2.75) is 45.2 Å². The summed E-state index contributed by atoms with van der Waals surface area (Å²) in [4.78, 5) is 22.8. The van der Waals surface area contributed by atoms with Crippen molar-refractivity contribution in [3.8, 4) is 6.07 Å². The highest BCUT2D eigenvalue weighted by molar-refractivity contribution is 5.99. The molecule has 0 saturated heterocycles. The lowest BCUT2D eigenvalue weighted by atomic mass is 10.0. The van der Waals surface area contributed by atoms with Gasteiger partial charge in [0.25, 0.3) is 5.91 Å². The van der Waals surface area contributed by atoms with Gasteiger partial charge in [0.15, 0.2) is 0 Å². The Labute approximate surface area is 112 Å². The Morgan fingerprint density at radius 3 is 2.53 bits per heavy atom. The van der Waals surface area contributed by atoms with Gasteiger partial charge in [-0.3, -0.25) is 4.79 Å². The monoisotopic (exact) mass is 265 g/mol. The number of nitriles is 1. The Kier molecular flexibility index (Phi) is 5.37. The minimum atomic E-state index is -1.09. The first-order chi connectivity index (χ1) is 8.93. The van der Waals surface area contributed by atoms with Gasteiger partial charge in [-0.2, -0.15) is 5.26 Å². The molecular formula is C13H19N3O3. The fourth-order valence-corrected chi connectivity index (χ4v) is 1.53. The SMILES string of the molecule is CC(C)CC(NC(=O)/C(C#N)=C\NC1CC1)C(=O)O. The molecule has 6 heteroatoms. The van der Waals surface area contributed by atoms with Crippen LogP contribution < -0.4 is 10.6 Å². The van der Waals surface area contributed by atoms with Gasteiger partial charge < -0.3 is 15.7 Å². The maximum atomic E-state index is 11.8. The van der Waals surface area contributed by atoms with Gasteiger partial charge in [-0.25, -0.2) is 4.79 Å². The number of nitrogens with one attached hydrogen (secondary N) is 2. The van der Waals surface area contributed by atoms with Crippen LogP contribution in [-0.2, 0) is 9.59 Å². The molecule has 3 N–H and O–H groups in total. The van der Waals surface area contributed by atoms with Gasteiger partial charge in [0.1, 0.15) is 17.7 Å². The number of carboxylic acid groups (broad SMARTS) is 1. The predicted molar refractivity (Wildman–Crippen MR) is 68.9 cm³/mol. The van der Waals surface area contributed by atoms with Crippen LogP contribution in [0.15, 0.2) is 11.8 Å². The highest BCUT2D eigenvalue weighted by atomic mass is 16.4. The number of rotatable bonds is 7. The Balaban J connectivity index is 2.60. The number of carboxylic acids is 1. The van der Waals surface area contributed by atoms with E-state index in [1.54, 1.807) is 6.07 Å². The third-order valence-electron chi connectivity index (χ3n) is 2.72. The average molecular weight is 265 g/mol. The van der Waals surface area contributed by atoms with Gasteiger partial charge in [-0.1, -0.05) is 13.8 Å². The number of hydrogen-bond donors (Lipinski definition) is 3. The van der Waals surface area contributed by atoms with Gasteiger partial charge in [0.2, 0.25) is 0 Å². The normalized spacial score (nSPS) is 16.6. The molecule has 19 heavy (non-hydrogen) atoms. The summed E-state index contributed by atoms with van der Waals surface area (Å²) >= 11 is 0. The van der Waals surface area contributed by atoms with Crippen LogP contribution in [0.25, 0.3) is 0 Å². The molecule has 0 aromatic rings. The lowest BCUT2D eigenvalue weighted by Crippen LogP contribution is -2.42. The van der Waals surface area contributed by atoms with Crippen molar-refractivity contribution in [2.75, 3.05) is 0 Å². The molecule has 0 spiro atoms. The molecule has 0 heterocycles. The minimum absolute atomic E-state index is 0.0955. The number of nitrogens with zero attached hydrogens (tertiary/aromatic N) is 1. The third kappa shape index (κ3) is 5.42. The van der Waals surface area contributed by atoms with Gasteiger partial charge in [0.05, 0.1) is 0 Å². The first-order valence-corrected chi connectivity index (χ1v) is 6.34. The summed E-state index contributed by atoms with van der Waals surface area (Å²) in [5.74, 6) is -1.60.